The average molecular weight is 262 g/mol. The zero-order chi connectivity index (χ0) is 14.0. The molecule has 0 saturated heterocycles. The van der Waals surface area contributed by atoms with Gasteiger partial charge in [0.15, 0.2) is 17.2 Å². The molecule has 0 aliphatic rings. The SMILES string of the molecule is COC(=O)c1nccc2c(N)c(OC)c(OC)cc12. The Morgan fingerprint density at radius 3 is 2.53 bits per heavy atom. The van der Waals surface area contributed by atoms with Crippen LogP contribution in [0.4, 0.5) is 5.69 Å². The molecule has 19 heavy (non-hydrogen) atoms. The van der Waals surface area contributed by atoms with Gasteiger partial charge in [-0.25, -0.2) is 9.78 Å². The number of carbonyl (C=O) groups is 1. The third-order valence-electron chi connectivity index (χ3n) is 2.83. The molecular formula is C13H14N2O4. The van der Waals surface area contributed by atoms with Crippen molar-refractivity contribution in [3.63, 3.8) is 0 Å². The highest BCUT2D eigenvalue weighted by molar-refractivity contribution is 6.08. The van der Waals surface area contributed by atoms with E-state index < -0.39 is 5.97 Å². The lowest BCUT2D eigenvalue weighted by molar-refractivity contribution is 0.0596. The Kier molecular flexibility index (Phi) is 3.41. The van der Waals surface area contributed by atoms with Crippen molar-refractivity contribution in [2.24, 2.45) is 0 Å². The fourth-order valence-corrected chi connectivity index (χ4v) is 1.93. The molecule has 1 aromatic heterocycles. The van der Waals surface area contributed by atoms with Gasteiger partial charge in [0.25, 0.3) is 0 Å². The standard InChI is InChI=1S/C13H14N2O4/c1-17-9-6-8-7(10(14)12(9)18-2)4-5-15-11(8)13(16)19-3/h4-6H,14H2,1-3H3. The molecule has 0 aliphatic heterocycles. The highest BCUT2D eigenvalue weighted by Gasteiger charge is 2.18. The van der Waals surface area contributed by atoms with Crippen LogP contribution in [0.1, 0.15) is 10.5 Å². The van der Waals surface area contributed by atoms with Gasteiger partial charge in [0, 0.05) is 17.0 Å². The van der Waals surface area contributed by atoms with Crippen LogP contribution in [0.25, 0.3) is 10.8 Å². The summed E-state index contributed by atoms with van der Waals surface area (Å²) in [7, 11) is 4.30. The second-order valence-electron chi connectivity index (χ2n) is 3.77. The van der Waals surface area contributed by atoms with Gasteiger partial charge < -0.3 is 19.9 Å². The number of nitrogen functional groups attached to an aromatic ring is 1. The van der Waals surface area contributed by atoms with Gasteiger partial charge in [-0.3, -0.25) is 0 Å². The number of methoxy groups -OCH3 is 3. The van der Waals surface area contributed by atoms with Gasteiger partial charge >= 0.3 is 5.97 Å². The molecule has 0 spiro atoms. The third-order valence-corrected chi connectivity index (χ3v) is 2.83. The predicted octanol–water partition coefficient (Wildman–Crippen LogP) is 1.62. The Bertz CT molecular complexity index is 640. The minimum Gasteiger partial charge on any atom is -0.493 e. The first kappa shape index (κ1) is 12.9. The van der Waals surface area contributed by atoms with Gasteiger partial charge in [-0.05, 0) is 12.1 Å². The molecule has 0 amide bonds. The van der Waals surface area contributed by atoms with Crippen molar-refractivity contribution in [3.05, 3.63) is 24.0 Å². The fraction of sp³-hybridized carbons (Fsp3) is 0.231. The van der Waals surface area contributed by atoms with Crippen LogP contribution in [0.15, 0.2) is 18.3 Å². The molecule has 1 heterocycles. The summed E-state index contributed by atoms with van der Waals surface area (Å²) in [6.45, 7) is 0. The zero-order valence-corrected chi connectivity index (χ0v) is 10.9. The molecule has 1 aromatic carbocycles. The highest BCUT2D eigenvalue weighted by atomic mass is 16.5. The molecule has 100 valence electrons. The van der Waals surface area contributed by atoms with E-state index in [0.717, 1.165) is 0 Å². The van der Waals surface area contributed by atoms with Crippen LogP contribution in [0, 0.1) is 0 Å². The van der Waals surface area contributed by atoms with E-state index in [1.165, 1.54) is 27.5 Å². The number of rotatable bonds is 3. The number of nitrogens with two attached hydrogens (primary N) is 1. The largest absolute Gasteiger partial charge is 0.493 e. The molecule has 0 fully saturated rings. The number of hydrogen-bond donors (Lipinski definition) is 1. The number of nitrogens with zero attached hydrogens (tertiary/aromatic N) is 1. The molecule has 2 rings (SSSR count). The summed E-state index contributed by atoms with van der Waals surface area (Å²) in [4.78, 5) is 15.7. The van der Waals surface area contributed by atoms with E-state index in [1.54, 1.807) is 12.1 Å². The number of aromatic nitrogens is 1. The van der Waals surface area contributed by atoms with Crippen LogP contribution >= 0.6 is 0 Å². The highest BCUT2D eigenvalue weighted by Crippen LogP contribution is 2.40. The second-order valence-corrected chi connectivity index (χ2v) is 3.77. The van der Waals surface area contributed by atoms with Crippen LogP contribution < -0.4 is 15.2 Å². The van der Waals surface area contributed by atoms with Crippen molar-refractivity contribution in [1.82, 2.24) is 4.98 Å². The first-order valence-electron chi connectivity index (χ1n) is 5.51. The molecule has 0 unspecified atom stereocenters. The predicted molar refractivity (Wildman–Crippen MR) is 70.6 cm³/mol. The van der Waals surface area contributed by atoms with Crippen molar-refractivity contribution in [1.29, 1.82) is 0 Å². The molecule has 6 heteroatoms. The van der Waals surface area contributed by atoms with Gasteiger partial charge in [0.2, 0.25) is 0 Å². The Hall–Kier alpha value is -2.50. The van der Waals surface area contributed by atoms with Gasteiger partial charge in [0.1, 0.15) is 0 Å². The van der Waals surface area contributed by atoms with Crippen LogP contribution in [0.3, 0.4) is 0 Å². The number of anilines is 1. The number of ether oxygens (including phenoxy) is 3. The van der Waals surface area contributed by atoms with Crippen molar-refractivity contribution in [2.75, 3.05) is 27.1 Å². The third kappa shape index (κ3) is 2.01. The van der Waals surface area contributed by atoms with Crippen molar-refractivity contribution in [3.8, 4) is 11.5 Å². The summed E-state index contributed by atoms with van der Waals surface area (Å²) >= 11 is 0. The van der Waals surface area contributed by atoms with E-state index in [-0.39, 0.29) is 5.69 Å². The van der Waals surface area contributed by atoms with Crippen LogP contribution in [-0.2, 0) is 4.74 Å². The van der Waals surface area contributed by atoms with Gasteiger partial charge in [-0.15, -0.1) is 0 Å². The minimum atomic E-state index is -0.530. The van der Waals surface area contributed by atoms with E-state index in [4.69, 9.17) is 19.9 Å². The monoisotopic (exact) mass is 262 g/mol. The number of fused-ring (bicyclic) bond motifs is 1. The van der Waals surface area contributed by atoms with E-state index in [1.807, 2.05) is 0 Å². The quantitative estimate of drug-likeness (QED) is 0.668. The first-order valence-corrected chi connectivity index (χ1v) is 5.51. The Balaban J connectivity index is 2.84. The van der Waals surface area contributed by atoms with Gasteiger partial charge in [0.05, 0.1) is 27.0 Å². The summed E-state index contributed by atoms with van der Waals surface area (Å²) in [5, 5.41) is 1.22. The minimum absolute atomic E-state index is 0.188. The van der Waals surface area contributed by atoms with Crippen LogP contribution in [0.5, 0.6) is 11.5 Å². The second kappa shape index (κ2) is 5.01. The summed E-state index contributed by atoms with van der Waals surface area (Å²) in [5.41, 5.74) is 6.61. The maximum atomic E-state index is 11.7. The number of benzene rings is 1. The lowest BCUT2D eigenvalue weighted by atomic mass is 10.1. The Labute approximate surface area is 110 Å². The molecular weight excluding hydrogens is 248 g/mol. The van der Waals surface area contributed by atoms with E-state index >= 15 is 0 Å². The van der Waals surface area contributed by atoms with E-state index in [9.17, 15) is 4.79 Å². The van der Waals surface area contributed by atoms with E-state index in [0.29, 0.717) is 28.0 Å². The van der Waals surface area contributed by atoms with E-state index in [2.05, 4.69) is 4.98 Å². The summed E-state index contributed by atoms with van der Waals surface area (Å²) in [6, 6.07) is 3.36. The van der Waals surface area contributed by atoms with Crippen molar-refractivity contribution < 1.29 is 19.0 Å². The summed E-state index contributed by atoms with van der Waals surface area (Å²) in [6.07, 6.45) is 1.50. The maximum Gasteiger partial charge on any atom is 0.357 e. The normalized spacial score (nSPS) is 10.3. The lowest BCUT2D eigenvalue weighted by Gasteiger charge is -2.13. The molecule has 2 N–H and O–H groups in total. The summed E-state index contributed by atoms with van der Waals surface area (Å²) < 4.78 is 15.1. The molecule has 0 atom stereocenters. The van der Waals surface area contributed by atoms with Crippen LogP contribution in [-0.4, -0.2) is 32.3 Å². The molecule has 6 nitrogen and oxygen atoms in total. The number of hydrogen-bond acceptors (Lipinski definition) is 6. The smallest absolute Gasteiger partial charge is 0.357 e. The number of pyridine rings is 1. The lowest BCUT2D eigenvalue weighted by Crippen LogP contribution is -2.06. The molecule has 0 radical (unpaired) electrons. The zero-order valence-electron chi connectivity index (χ0n) is 10.9. The van der Waals surface area contributed by atoms with Gasteiger partial charge in [-0.1, -0.05) is 0 Å². The maximum absolute atomic E-state index is 11.7. The van der Waals surface area contributed by atoms with Crippen molar-refractivity contribution in [2.45, 2.75) is 0 Å². The Morgan fingerprint density at radius 1 is 1.21 bits per heavy atom. The molecule has 2 aromatic rings. The van der Waals surface area contributed by atoms with Gasteiger partial charge in [-0.2, -0.15) is 0 Å². The first-order chi connectivity index (χ1) is 9.13. The Morgan fingerprint density at radius 2 is 1.95 bits per heavy atom. The van der Waals surface area contributed by atoms with Crippen LogP contribution in [0.2, 0.25) is 0 Å². The summed E-state index contributed by atoms with van der Waals surface area (Å²) in [5.74, 6) is 0.333. The molecule has 0 saturated carbocycles. The molecule has 0 bridgehead atoms. The van der Waals surface area contributed by atoms with Crippen molar-refractivity contribution >= 4 is 22.4 Å². The number of carbonyl (C=O) groups excluding carboxylic acids is 1. The average Bonchev–Trinajstić information content (AvgIpc) is 2.45. The number of esters is 1. The topological polar surface area (TPSA) is 83.7 Å². The molecule has 0 aliphatic carbocycles. The fourth-order valence-electron chi connectivity index (χ4n) is 1.93.